The molecule has 0 N–H and O–H groups in total. The predicted molar refractivity (Wildman–Crippen MR) is 83.6 cm³/mol. The average molecular weight is 328 g/mol. The van der Waals surface area contributed by atoms with Crippen LogP contribution >= 0.6 is 23.5 Å². The molecule has 0 radical (unpaired) electrons. The van der Waals surface area contributed by atoms with Crippen LogP contribution in [0.15, 0.2) is 4.52 Å². The number of hydrogen-bond donors (Lipinski definition) is 0. The lowest BCUT2D eigenvalue weighted by molar-refractivity contribution is -0.146. The molecule has 7 heteroatoms. The zero-order chi connectivity index (χ0) is 14.9. The summed E-state index contributed by atoms with van der Waals surface area (Å²) >= 11 is 3.87. The molecule has 1 aliphatic carbocycles. The Balaban J connectivity index is 1.78. The second-order valence-electron chi connectivity index (χ2n) is 5.37. The molecule has 116 valence electrons. The lowest BCUT2D eigenvalue weighted by Crippen LogP contribution is -2.24. The van der Waals surface area contributed by atoms with Crippen molar-refractivity contribution in [3.05, 3.63) is 11.7 Å². The van der Waals surface area contributed by atoms with Gasteiger partial charge in [-0.05, 0) is 26.2 Å². The molecular weight excluding hydrogens is 308 g/mol. The number of carbonyl (C=O) groups is 1. The molecule has 3 rings (SSSR count). The zero-order valence-corrected chi connectivity index (χ0v) is 14.0. The van der Waals surface area contributed by atoms with E-state index in [1.807, 2.05) is 30.4 Å². The highest BCUT2D eigenvalue weighted by Gasteiger charge is 2.58. The number of nitrogens with zero attached hydrogens (tertiary/aromatic N) is 2. The van der Waals surface area contributed by atoms with Gasteiger partial charge in [-0.25, -0.2) is 0 Å². The zero-order valence-electron chi connectivity index (χ0n) is 12.3. The molecule has 0 bridgehead atoms. The van der Waals surface area contributed by atoms with E-state index in [1.165, 1.54) is 5.75 Å². The minimum atomic E-state index is -0.657. The molecule has 2 unspecified atom stereocenters. The maximum Gasteiger partial charge on any atom is 0.321 e. The second kappa shape index (κ2) is 6.20. The highest BCUT2D eigenvalue weighted by atomic mass is 32.2. The fourth-order valence-corrected chi connectivity index (χ4v) is 5.57. The van der Waals surface area contributed by atoms with E-state index in [2.05, 4.69) is 17.1 Å². The molecule has 0 amide bonds. The molecule has 1 saturated heterocycles. The second-order valence-corrected chi connectivity index (χ2v) is 7.97. The average Bonchev–Trinajstić information content (AvgIpc) is 3.18. The Bertz CT molecular complexity index is 516. The van der Waals surface area contributed by atoms with Crippen LogP contribution in [0.5, 0.6) is 0 Å². The summed E-state index contributed by atoms with van der Waals surface area (Å²) in [5.41, 5.74) is -0.657. The van der Waals surface area contributed by atoms with E-state index < -0.39 is 5.41 Å². The molecule has 2 atom stereocenters. The van der Waals surface area contributed by atoms with Gasteiger partial charge in [-0.2, -0.15) is 16.7 Å². The molecule has 1 aromatic heterocycles. The largest absolute Gasteiger partial charge is 0.465 e. The number of esters is 1. The van der Waals surface area contributed by atoms with Gasteiger partial charge in [-0.1, -0.05) is 12.1 Å². The summed E-state index contributed by atoms with van der Waals surface area (Å²) < 4.78 is 10.6. The molecule has 1 saturated carbocycles. The van der Waals surface area contributed by atoms with Crippen LogP contribution in [0.3, 0.4) is 0 Å². The summed E-state index contributed by atoms with van der Waals surface area (Å²) in [5, 5.41) is 4.95. The van der Waals surface area contributed by atoms with Crippen LogP contribution in [-0.4, -0.2) is 39.5 Å². The number of thioether (sulfide) groups is 2. The van der Waals surface area contributed by atoms with Gasteiger partial charge in [0.2, 0.25) is 5.89 Å². The van der Waals surface area contributed by atoms with Crippen molar-refractivity contribution in [2.45, 2.75) is 49.0 Å². The standard InChI is InChI=1S/C14H20N2O3S2/c1-3-9-10(21-8-7-20-9)11-15-12(19-16-11)14(5-6-14)13(17)18-4-2/h9-10H,3-8H2,1-2H3. The van der Waals surface area contributed by atoms with E-state index in [4.69, 9.17) is 9.26 Å². The summed E-state index contributed by atoms with van der Waals surface area (Å²) in [4.78, 5) is 16.6. The van der Waals surface area contributed by atoms with Gasteiger partial charge in [0.25, 0.3) is 0 Å². The topological polar surface area (TPSA) is 65.2 Å². The number of carbonyl (C=O) groups excluding carboxylic acids is 1. The fraction of sp³-hybridized carbons (Fsp3) is 0.786. The molecular formula is C14H20N2O3S2. The fourth-order valence-electron chi connectivity index (χ4n) is 2.59. The Labute approximate surface area is 133 Å². The third-order valence-corrected chi connectivity index (χ3v) is 7.22. The molecule has 1 aliphatic heterocycles. The Morgan fingerprint density at radius 3 is 2.81 bits per heavy atom. The summed E-state index contributed by atoms with van der Waals surface area (Å²) in [7, 11) is 0. The minimum absolute atomic E-state index is 0.224. The number of hydrogen-bond acceptors (Lipinski definition) is 7. The van der Waals surface area contributed by atoms with Crippen molar-refractivity contribution in [2.75, 3.05) is 18.1 Å². The molecule has 2 aliphatic rings. The van der Waals surface area contributed by atoms with Gasteiger partial charge in [0.1, 0.15) is 5.41 Å². The number of rotatable bonds is 5. The van der Waals surface area contributed by atoms with Crippen molar-refractivity contribution in [1.82, 2.24) is 10.1 Å². The smallest absolute Gasteiger partial charge is 0.321 e. The van der Waals surface area contributed by atoms with Crippen molar-refractivity contribution >= 4 is 29.5 Å². The van der Waals surface area contributed by atoms with Crippen LogP contribution in [0.1, 0.15) is 50.1 Å². The molecule has 2 fully saturated rings. The molecule has 5 nitrogen and oxygen atoms in total. The van der Waals surface area contributed by atoms with Crippen molar-refractivity contribution in [2.24, 2.45) is 0 Å². The Hall–Kier alpha value is -0.690. The van der Waals surface area contributed by atoms with Gasteiger partial charge in [0, 0.05) is 16.8 Å². The number of aromatic nitrogens is 2. The first-order chi connectivity index (χ1) is 10.2. The van der Waals surface area contributed by atoms with Crippen LogP contribution in [0, 0.1) is 0 Å². The van der Waals surface area contributed by atoms with E-state index in [1.54, 1.807) is 0 Å². The molecule has 0 aromatic carbocycles. The molecule has 1 aromatic rings. The minimum Gasteiger partial charge on any atom is -0.465 e. The first kappa shape index (κ1) is 15.2. The van der Waals surface area contributed by atoms with Gasteiger partial charge in [0.05, 0.1) is 11.9 Å². The first-order valence-electron chi connectivity index (χ1n) is 7.45. The Morgan fingerprint density at radius 1 is 1.38 bits per heavy atom. The SMILES string of the molecule is CCOC(=O)C1(c2nc(C3SCCSC3CC)no2)CC1. The lowest BCUT2D eigenvalue weighted by atomic mass is 10.1. The van der Waals surface area contributed by atoms with E-state index in [0.717, 1.165) is 30.8 Å². The summed E-state index contributed by atoms with van der Waals surface area (Å²) in [6.07, 6.45) is 2.59. The van der Waals surface area contributed by atoms with Crippen LogP contribution < -0.4 is 0 Å². The van der Waals surface area contributed by atoms with Crippen molar-refractivity contribution in [1.29, 1.82) is 0 Å². The molecule has 21 heavy (non-hydrogen) atoms. The van der Waals surface area contributed by atoms with E-state index in [-0.39, 0.29) is 11.2 Å². The van der Waals surface area contributed by atoms with Crippen molar-refractivity contribution < 1.29 is 14.1 Å². The molecule has 0 spiro atoms. The third-order valence-electron chi connectivity index (χ3n) is 3.97. The van der Waals surface area contributed by atoms with Crippen molar-refractivity contribution in [3.8, 4) is 0 Å². The van der Waals surface area contributed by atoms with Gasteiger partial charge in [-0.15, -0.1) is 11.8 Å². The maximum atomic E-state index is 12.1. The monoisotopic (exact) mass is 328 g/mol. The molecule has 2 heterocycles. The van der Waals surface area contributed by atoms with Gasteiger partial charge < -0.3 is 9.26 Å². The van der Waals surface area contributed by atoms with E-state index in [9.17, 15) is 4.79 Å². The van der Waals surface area contributed by atoms with Crippen LogP contribution in [0.25, 0.3) is 0 Å². The van der Waals surface area contributed by atoms with Gasteiger partial charge >= 0.3 is 5.97 Å². The van der Waals surface area contributed by atoms with Crippen LogP contribution in [-0.2, 0) is 14.9 Å². The predicted octanol–water partition coefficient (Wildman–Crippen LogP) is 2.96. The Morgan fingerprint density at radius 2 is 2.14 bits per heavy atom. The van der Waals surface area contributed by atoms with E-state index in [0.29, 0.717) is 17.7 Å². The highest BCUT2D eigenvalue weighted by molar-refractivity contribution is 8.06. The van der Waals surface area contributed by atoms with Gasteiger partial charge in [0.15, 0.2) is 5.82 Å². The van der Waals surface area contributed by atoms with Gasteiger partial charge in [-0.3, -0.25) is 4.79 Å². The summed E-state index contributed by atoms with van der Waals surface area (Å²) in [5.74, 6) is 3.25. The highest BCUT2D eigenvalue weighted by Crippen LogP contribution is 2.50. The van der Waals surface area contributed by atoms with Crippen molar-refractivity contribution in [3.63, 3.8) is 0 Å². The number of ether oxygens (including phenoxy) is 1. The third kappa shape index (κ3) is 2.82. The summed E-state index contributed by atoms with van der Waals surface area (Å²) in [6, 6.07) is 0. The maximum absolute atomic E-state index is 12.1. The Kier molecular flexibility index (Phi) is 4.49. The summed E-state index contributed by atoms with van der Waals surface area (Å²) in [6.45, 7) is 4.39. The normalized spacial score (nSPS) is 27.3. The lowest BCUT2D eigenvalue weighted by Gasteiger charge is -2.27. The van der Waals surface area contributed by atoms with Crippen LogP contribution in [0.4, 0.5) is 0 Å². The first-order valence-corrected chi connectivity index (χ1v) is 9.55. The van der Waals surface area contributed by atoms with E-state index >= 15 is 0 Å². The van der Waals surface area contributed by atoms with Crippen LogP contribution in [0.2, 0.25) is 0 Å². The quantitative estimate of drug-likeness (QED) is 0.770.